The highest BCUT2D eigenvalue weighted by Crippen LogP contribution is 2.32. The monoisotopic (exact) mass is 547 g/mol. The van der Waals surface area contributed by atoms with Crippen molar-refractivity contribution in [2.45, 2.75) is 24.6 Å². The van der Waals surface area contributed by atoms with E-state index in [-0.39, 0.29) is 17.2 Å². The number of aliphatic hydroxyl groups is 1. The van der Waals surface area contributed by atoms with Crippen LogP contribution in [0.4, 0.5) is 13.2 Å². The lowest BCUT2D eigenvalue weighted by molar-refractivity contribution is -0.143. The van der Waals surface area contributed by atoms with Crippen LogP contribution in [-0.2, 0) is 37.0 Å². The molecule has 0 spiro atoms. The fourth-order valence-electron chi connectivity index (χ4n) is 3.78. The third-order valence-corrected chi connectivity index (χ3v) is 6.73. The van der Waals surface area contributed by atoms with E-state index in [0.717, 1.165) is 33.3 Å². The van der Waals surface area contributed by atoms with Crippen LogP contribution in [-0.4, -0.2) is 41.8 Å². The number of halogens is 3. The van der Waals surface area contributed by atoms with Gasteiger partial charge < -0.3 is 9.67 Å². The Labute approximate surface area is 216 Å². The van der Waals surface area contributed by atoms with Gasteiger partial charge in [-0.15, -0.1) is 0 Å². The first-order chi connectivity index (χ1) is 17.8. The lowest BCUT2D eigenvalue weighted by atomic mass is 10.1. The first kappa shape index (κ1) is 27.1. The van der Waals surface area contributed by atoms with Gasteiger partial charge in [0.2, 0.25) is 5.78 Å². The summed E-state index contributed by atoms with van der Waals surface area (Å²) >= 11 is 0. The number of aryl methyl sites for hydroxylation is 3. The lowest BCUT2D eigenvalue weighted by Gasteiger charge is -2.04. The molecule has 13 heteroatoms. The summed E-state index contributed by atoms with van der Waals surface area (Å²) in [5, 5.41) is 13.3. The molecule has 0 radical (unpaired) electrons. The zero-order valence-corrected chi connectivity index (χ0v) is 21.4. The molecule has 0 amide bonds. The molecular weight excluding hydrogens is 523 g/mol. The van der Waals surface area contributed by atoms with Crippen LogP contribution in [0.15, 0.2) is 71.9 Å². The van der Waals surface area contributed by atoms with Gasteiger partial charge in [0.15, 0.2) is 0 Å². The second-order valence-corrected chi connectivity index (χ2v) is 9.99. The van der Waals surface area contributed by atoms with Crippen LogP contribution >= 0.6 is 0 Å². The molecule has 0 saturated carbocycles. The third kappa shape index (κ3) is 5.64. The van der Waals surface area contributed by atoms with Gasteiger partial charge in [0.1, 0.15) is 5.69 Å². The fourth-order valence-corrected chi connectivity index (χ4v) is 4.26. The van der Waals surface area contributed by atoms with E-state index >= 15 is 0 Å². The molecule has 0 unspecified atom stereocenters. The molecule has 0 saturated heterocycles. The molecule has 2 N–H and O–H groups in total. The first-order valence-electron chi connectivity index (χ1n) is 11.2. The number of hydrogen-bond donors (Lipinski definition) is 2. The number of nitrogens with zero attached hydrogens (tertiary/aromatic N) is 5. The topological polar surface area (TPSA) is 115 Å². The highest BCUT2D eigenvalue weighted by atomic mass is 32.2. The van der Waals surface area contributed by atoms with Crippen LogP contribution in [0.1, 0.15) is 17.0 Å². The Balaban J connectivity index is 0.000000257. The first-order valence-corrected chi connectivity index (χ1v) is 12.6. The smallest absolute Gasteiger partial charge is 0.390 e. The van der Waals surface area contributed by atoms with Crippen LogP contribution in [0.2, 0.25) is 0 Å². The number of alkyl halides is 3. The molecule has 2 aromatic carbocycles. The van der Waals surface area contributed by atoms with Gasteiger partial charge in [-0.25, -0.2) is 4.98 Å². The largest absolute Gasteiger partial charge is 0.433 e. The average Bonchev–Trinajstić information content (AvgIpc) is 3.53. The Morgan fingerprint density at radius 2 is 1.50 bits per heavy atom. The number of fused-ring (bicyclic) bond motifs is 1. The molecule has 0 fully saturated rings. The molecule has 5 aromatic rings. The summed E-state index contributed by atoms with van der Waals surface area (Å²) < 4.78 is 72.8. The summed E-state index contributed by atoms with van der Waals surface area (Å²) in [4.78, 5) is 4.48. The van der Waals surface area contributed by atoms with Crippen molar-refractivity contribution in [3.63, 3.8) is 0 Å². The minimum absolute atomic E-state index is 0.0666. The molecule has 9 nitrogen and oxygen atoms in total. The average molecular weight is 548 g/mol. The molecule has 0 aliphatic carbocycles. The van der Waals surface area contributed by atoms with E-state index < -0.39 is 22.0 Å². The van der Waals surface area contributed by atoms with Crippen LogP contribution in [0.25, 0.3) is 28.3 Å². The molecule has 3 heterocycles. The summed E-state index contributed by atoms with van der Waals surface area (Å²) in [6, 6.07) is 14.1. The van der Waals surface area contributed by atoms with Gasteiger partial charge in [-0.3, -0.25) is 13.6 Å². The highest BCUT2D eigenvalue weighted by Gasteiger charge is 2.35. The van der Waals surface area contributed by atoms with Crippen LogP contribution < -0.4 is 0 Å². The van der Waals surface area contributed by atoms with E-state index in [1.165, 1.54) is 19.2 Å². The SMILES string of the molecule is Cc1ccc(S(=O)(=O)O)cc1.Cn1nc(-c2ccc(-c3cn4cc(CO)n(C)c4n3)cc2)cc1C(F)(F)F. The Morgan fingerprint density at radius 1 is 0.921 bits per heavy atom. The summed E-state index contributed by atoms with van der Waals surface area (Å²) in [6.07, 6.45) is -0.803. The molecule has 38 heavy (non-hydrogen) atoms. The molecule has 0 aliphatic rings. The fraction of sp³-hybridized carbons (Fsp3) is 0.200. The molecule has 3 aromatic heterocycles. The van der Waals surface area contributed by atoms with E-state index in [4.69, 9.17) is 4.55 Å². The van der Waals surface area contributed by atoms with Crippen molar-refractivity contribution in [2.75, 3.05) is 0 Å². The maximum atomic E-state index is 12.9. The van der Waals surface area contributed by atoms with E-state index in [1.807, 2.05) is 24.6 Å². The van der Waals surface area contributed by atoms with Gasteiger partial charge in [0.05, 0.1) is 28.6 Å². The number of hydrogen-bond acceptors (Lipinski definition) is 5. The van der Waals surface area contributed by atoms with E-state index in [1.54, 1.807) is 47.2 Å². The second kappa shape index (κ2) is 10.1. The number of aliphatic hydroxyl groups excluding tert-OH is 1. The predicted molar refractivity (Wildman–Crippen MR) is 134 cm³/mol. The number of imidazole rings is 2. The van der Waals surface area contributed by atoms with Crippen LogP contribution in [0.5, 0.6) is 0 Å². The van der Waals surface area contributed by atoms with Crippen LogP contribution in [0.3, 0.4) is 0 Å². The van der Waals surface area contributed by atoms with Gasteiger partial charge in [-0.05, 0) is 25.1 Å². The number of rotatable bonds is 4. The van der Waals surface area contributed by atoms with E-state index in [9.17, 15) is 26.7 Å². The van der Waals surface area contributed by atoms with Gasteiger partial charge in [0.25, 0.3) is 10.1 Å². The normalized spacial score (nSPS) is 12.0. The summed E-state index contributed by atoms with van der Waals surface area (Å²) in [7, 11) is -0.924. The Morgan fingerprint density at radius 3 is 1.97 bits per heavy atom. The third-order valence-electron chi connectivity index (χ3n) is 5.86. The summed E-state index contributed by atoms with van der Waals surface area (Å²) in [5.74, 6) is 0.692. The molecule has 200 valence electrons. The van der Waals surface area contributed by atoms with Crippen molar-refractivity contribution in [1.82, 2.24) is 23.7 Å². The van der Waals surface area contributed by atoms with Crippen molar-refractivity contribution >= 4 is 15.9 Å². The second-order valence-electron chi connectivity index (χ2n) is 8.57. The van der Waals surface area contributed by atoms with Crippen LogP contribution in [0, 0.1) is 6.92 Å². The maximum absolute atomic E-state index is 12.9. The van der Waals surface area contributed by atoms with Gasteiger partial charge in [0, 0.05) is 37.6 Å². The molecule has 0 atom stereocenters. The highest BCUT2D eigenvalue weighted by molar-refractivity contribution is 7.85. The molecule has 0 aliphatic heterocycles. The number of benzene rings is 2. The minimum atomic E-state index is -4.44. The standard InChI is InChI=1S/C18H16F3N5O.C7H8O3S/c1-24-13(10-27)8-26-9-15(22-17(24)26)12-5-3-11(4-6-12)14-7-16(18(19,20)21)25(2)23-14;1-6-2-4-7(5-3-6)11(8,9)10/h3-9,27H,10H2,1-2H3;2-5H,1H3,(H,8,9,10). The zero-order valence-electron chi connectivity index (χ0n) is 20.5. The van der Waals surface area contributed by atoms with Gasteiger partial charge in [-0.1, -0.05) is 42.0 Å². The Hall–Kier alpha value is -3.94. The van der Waals surface area contributed by atoms with Crippen molar-refractivity contribution in [2.24, 2.45) is 14.1 Å². The van der Waals surface area contributed by atoms with Gasteiger partial charge in [-0.2, -0.15) is 26.7 Å². The Kier molecular flexibility index (Phi) is 7.19. The van der Waals surface area contributed by atoms with E-state index in [2.05, 4.69) is 10.1 Å². The predicted octanol–water partition coefficient (Wildman–Crippen LogP) is 4.49. The van der Waals surface area contributed by atoms with Crippen molar-refractivity contribution < 1.29 is 31.2 Å². The maximum Gasteiger partial charge on any atom is 0.433 e. The van der Waals surface area contributed by atoms with Crippen molar-refractivity contribution in [1.29, 1.82) is 0 Å². The van der Waals surface area contributed by atoms with Crippen molar-refractivity contribution in [3.05, 3.63) is 83.9 Å². The van der Waals surface area contributed by atoms with Crippen molar-refractivity contribution in [3.8, 4) is 22.5 Å². The molecule has 5 rings (SSSR count). The number of aromatic nitrogens is 5. The van der Waals surface area contributed by atoms with E-state index in [0.29, 0.717) is 11.3 Å². The Bertz CT molecular complexity index is 1680. The molecule has 0 bridgehead atoms. The quantitative estimate of drug-likeness (QED) is 0.321. The minimum Gasteiger partial charge on any atom is -0.390 e. The van der Waals surface area contributed by atoms with Gasteiger partial charge >= 0.3 is 6.18 Å². The summed E-state index contributed by atoms with van der Waals surface area (Å²) in [5.41, 5.74) is 3.33. The zero-order chi connectivity index (χ0) is 27.8. The summed E-state index contributed by atoms with van der Waals surface area (Å²) in [6.45, 7) is 1.77. The lowest BCUT2D eigenvalue weighted by Crippen LogP contribution is -2.11. The molecular formula is C25H24F3N5O4S.